The highest BCUT2D eigenvalue weighted by Crippen LogP contribution is 2.34. The fraction of sp³-hybridized carbons (Fsp3) is 0.400. The van der Waals surface area contributed by atoms with E-state index in [4.69, 9.17) is 9.47 Å². The number of nitrogens with one attached hydrogen (secondary N) is 1. The first-order valence-corrected chi connectivity index (χ1v) is 4.50. The van der Waals surface area contributed by atoms with Crippen LogP contribution >= 0.6 is 12.4 Å². The summed E-state index contributed by atoms with van der Waals surface area (Å²) in [6.45, 7) is 4.23. The molecule has 1 aromatic rings. The molecule has 0 unspecified atom stereocenters. The van der Waals surface area contributed by atoms with Gasteiger partial charge in [0.15, 0.2) is 11.5 Å². The standard InChI is InChI=1S/C10H13NO2.ClH/c1-2-11-6-8-4-3-5-9-10(8)13-7-12-9;/h3-5,11H,2,6-7H2,1H3;1H. The first-order chi connectivity index (χ1) is 6.42. The Morgan fingerprint density at radius 2 is 2.21 bits per heavy atom. The average Bonchev–Trinajstić information content (AvgIpc) is 2.62. The molecule has 78 valence electrons. The lowest BCUT2D eigenvalue weighted by Gasteiger charge is -2.05. The lowest BCUT2D eigenvalue weighted by molar-refractivity contribution is 0.173. The van der Waals surface area contributed by atoms with E-state index < -0.39 is 0 Å². The molecule has 1 N–H and O–H groups in total. The second-order valence-electron chi connectivity index (χ2n) is 2.93. The highest BCUT2D eigenvalue weighted by Gasteiger charge is 2.16. The number of hydrogen-bond acceptors (Lipinski definition) is 3. The van der Waals surface area contributed by atoms with E-state index in [2.05, 4.69) is 18.3 Å². The predicted octanol–water partition coefficient (Wildman–Crippen LogP) is 1.95. The van der Waals surface area contributed by atoms with Gasteiger partial charge in [0.1, 0.15) is 0 Å². The summed E-state index contributed by atoms with van der Waals surface area (Å²) in [7, 11) is 0. The topological polar surface area (TPSA) is 30.5 Å². The summed E-state index contributed by atoms with van der Waals surface area (Å²) in [6, 6.07) is 5.97. The summed E-state index contributed by atoms with van der Waals surface area (Å²) in [4.78, 5) is 0. The Labute approximate surface area is 89.8 Å². The SMILES string of the molecule is CCNCc1cccc2c1OCO2.Cl. The van der Waals surface area contributed by atoms with E-state index in [-0.39, 0.29) is 12.4 Å². The first-order valence-electron chi connectivity index (χ1n) is 4.50. The molecule has 0 spiro atoms. The smallest absolute Gasteiger partial charge is 0.231 e. The predicted molar refractivity (Wildman–Crippen MR) is 57.2 cm³/mol. The van der Waals surface area contributed by atoms with Gasteiger partial charge in [-0.25, -0.2) is 0 Å². The largest absolute Gasteiger partial charge is 0.454 e. The van der Waals surface area contributed by atoms with Crippen molar-refractivity contribution in [2.75, 3.05) is 13.3 Å². The Hall–Kier alpha value is -0.930. The van der Waals surface area contributed by atoms with Gasteiger partial charge in [-0.2, -0.15) is 0 Å². The molecule has 0 fully saturated rings. The molecule has 0 atom stereocenters. The second kappa shape index (κ2) is 5.08. The van der Waals surface area contributed by atoms with Crippen molar-refractivity contribution in [2.24, 2.45) is 0 Å². The molecule has 0 radical (unpaired) electrons. The number of rotatable bonds is 3. The van der Waals surface area contributed by atoms with Gasteiger partial charge in [-0.15, -0.1) is 12.4 Å². The Balaban J connectivity index is 0.000000980. The van der Waals surface area contributed by atoms with Crippen LogP contribution in [0.15, 0.2) is 18.2 Å². The third-order valence-corrected chi connectivity index (χ3v) is 2.04. The van der Waals surface area contributed by atoms with E-state index in [1.54, 1.807) is 0 Å². The van der Waals surface area contributed by atoms with Crippen LogP contribution in [0.1, 0.15) is 12.5 Å². The average molecular weight is 216 g/mol. The summed E-state index contributed by atoms with van der Waals surface area (Å²) in [5.74, 6) is 1.75. The molecule has 3 nitrogen and oxygen atoms in total. The number of halogens is 1. The Morgan fingerprint density at radius 1 is 1.36 bits per heavy atom. The third kappa shape index (κ3) is 2.11. The van der Waals surface area contributed by atoms with E-state index in [9.17, 15) is 0 Å². The zero-order valence-electron chi connectivity index (χ0n) is 8.08. The van der Waals surface area contributed by atoms with Crippen molar-refractivity contribution in [3.63, 3.8) is 0 Å². The number of ether oxygens (including phenoxy) is 2. The lowest BCUT2D eigenvalue weighted by Crippen LogP contribution is -2.12. The molecule has 0 aliphatic carbocycles. The van der Waals surface area contributed by atoms with Crippen LogP contribution in [0.2, 0.25) is 0 Å². The molecule has 14 heavy (non-hydrogen) atoms. The second-order valence-corrected chi connectivity index (χ2v) is 2.93. The zero-order chi connectivity index (χ0) is 9.10. The van der Waals surface area contributed by atoms with E-state index in [0.29, 0.717) is 6.79 Å². The van der Waals surface area contributed by atoms with Crippen molar-refractivity contribution in [3.05, 3.63) is 23.8 Å². The minimum Gasteiger partial charge on any atom is -0.454 e. The molecule has 2 rings (SSSR count). The Morgan fingerprint density at radius 3 is 3.00 bits per heavy atom. The number of hydrogen-bond donors (Lipinski definition) is 1. The van der Waals surface area contributed by atoms with Crippen molar-refractivity contribution in [1.82, 2.24) is 5.32 Å². The molecule has 0 amide bonds. The van der Waals surface area contributed by atoms with Gasteiger partial charge in [0.2, 0.25) is 6.79 Å². The van der Waals surface area contributed by atoms with E-state index in [1.165, 1.54) is 0 Å². The number of benzene rings is 1. The van der Waals surface area contributed by atoms with Crippen molar-refractivity contribution < 1.29 is 9.47 Å². The molecule has 0 aromatic heterocycles. The van der Waals surface area contributed by atoms with Crippen LogP contribution < -0.4 is 14.8 Å². The highest BCUT2D eigenvalue weighted by molar-refractivity contribution is 5.85. The van der Waals surface area contributed by atoms with E-state index >= 15 is 0 Å². The summed E-state index contributed by atoms with van der Waals surface area (Å²) in [5.41, 5.74) is 1.16. The van der Waals surface area contributed by atoms with Gasteiger partial charge < -0.3 is 14.8 Å². The van der Waals surface area contributed by atoms with Crippen molar-refractivity contribution in [3.8, 4) is 11.5 Å². The van der Waals surface area contributed by atoms with Crippen molar-refractivity contribution in [1.29, 1.82) is 0 Å². The van der Waals surface area contributed by atoms with Gasteiger partial charge in [-0.1, -0.05) is 19.1 Å². The van der Waals surface area contributed by atoms with Gasteiger partial charge in [-0.05, 0) is 12.6 Å². The highest BCUT2D eigenvalue weighted by atomic mass is 35.5. The van der Waals surface area contributed by atoms with Gasteiger partial charge in [0, 0.05) is 12.1 Å². The monoisotopic (exact) mass is 215 g/mol. The zero-order valence-corrected chi connectivity index (χ0v) is 8.89. The molecule has 4 heteroatoms. The molecule has 1 aliphatic heterocycles. The molecule has 0 saturated heterocycles. The summed E-state index contributed by atoms with van der Waals surface area (Å²) in [5, 5.41) is 3.26. The molecule has 1 heterocycles. The van der Waals surface area contributed by atoms with Crippen LogP contribution in [0.3, 0.4) is 0 Å². The maximum absolute atomic E-state index is 5.36. The van der Waals surface area contributed by atoms with Crippen LogP contribution in [0, 0.1) is 0 Å². The normalized spacial score (nSPS) is 12.4. The number of fused-ring (bicyclic) bond motifs is 1. The third-order valence-electron chi connectivity index (χ3n) is 2.04. The van der Waals surface area contributed by atoms with E-state index in [0.717, 1.165) is 30.2 Å². The summed E-state index contributed by atoms with van der Waals surface area (Å²) >= 11 is 0. The Bertz CT molecular complexity index is 304. The summed E-state index contributed by atoms with van der Waals surface area (Å²) < 4.78 is 10.6. The first kappa shape index (κ1) is 11.1. The minimum atomic E-state index is 0. The molecule has 1 aliphatic rings. The maximum Gasteiger partial charge on any atom is 0.231 e. The maximum atomic E-state index is 5.36. The molecule has 0 bridgehead atoms. The molecular formula is C10H14ClNO2. The lowest BCUT2D eigenvalue weighted by atomic mass is 10.2. The van der Waals surface area contributed by atoms with Crippen LogP contribution in [-0.4, -0.2) is 13.3 Å². The fourth-order valence-corrected chi connectivity index (χ4v) is 1.39. The van der Waals surface area contributed by atoms with Crippen LogP contribution in [0.25, 0.3) is 0 Å². The quantitative estimate of drug-likeness (QED) is 0.836. The fourth-order valence-electron chi connectivity index (χ4n) is 1.39. The number of para-hydroxylation sites is 1. The molecule has 1 aromatic carbocycles. The van der Waals surface area contributed by atoms with Crippen LogP contribution in [0.4, 0.5) is 0 Å². The summed E-state index contributed by atoms with van der Waals surface area (Å²) in [6.07, 6.45) is 0. The van der Waals surface area contributed by atoms with Crippen molar-refractivity contribution in [2.45, 2.75) is 13.5 Å². The van der Waals surface area contributed by atoms with Gasteiger partial charge >= 0.3 is 0 Å². The van der Waals surface area contributed by atoms with Gasteiger partial charge in [0.05, 0.1) is 0 Å². The van der Waals surface area contributed by atoms with Gasteiger partial charge in [-0.3, -0.25) is 0 Å². The van der Waals surface area contributed by atoms with E-state index in [1.807, 2.05) is 12.1 Å². The van der Waals surface area contributed by atoms with Crippen molar-refractivity contribution >= 4 is 12.4 Å². The van der Waals surface area contributed by atoms with Crippen LogP contribution in [-0.2, 0) is 6.54 Å². The van der Waals surface area contributed by atoms with Gasteiger partial charge in [0.25, 0.3) is 0 Å². The molecular weight excluding hydrogens is 202 g/mol. The Kier molecular flexibility index (Phi) is 4.04. The minimum absolute atomic E-state index is 0. The molecule has 0 saturated carbocycles. The van der Waals surface area contributed by atoms with Crippen LogP contribution in [0.5, 0.6) is 11.5 Å².